The number of carboxylic acid groups (broad SMARTS) is 1. The van der Waals surface area contributed by atoms with Crippen LogP contribution in [0.3, 0.4) is 0 Å². The second kappa shape index (κ2) is 4.65. The van der Waals surface area contributed by atoms with Crippen LogP contribution in [-0.2, 0) is 6.61 Å². The first-order valence-electron chi connectivity index (χ1n) is 4.89. The maximum absolute atomic E-state index is 10.6. The molecule has 6 heteroatoms. The van der Waals surface area contributed by atoms with Gasteiger partial charge in [0.15, 0.2) is 0 Å². The third-order valence-corrected chi connectivity index (χ3v) is 2.21. The SMILES string of the molecule is Cc1oncc1COc1ccc(C(=O)O)cn1. The molecule has 0 aliphatic heterocycles. The number of aromatic carboxylic acids is 1. The minimum atomic E-state index is -1.01. The largest absolute Gasteiger partial charge is 0.478 e. The van der Waals surface area contributed by atoms with Gasteiger partial charge in [0.05, 0.1) is 17.3 Å². The molecule has 0 aliphatic carbocycles. The lowest BCUT2D eigenvalue weighted by atomic mass is 10.3. The van der Waals surface area contributed by atoms with Gasteiger partial charge in [0, 0.05) is 12.3 Å². The molecule has 6 nitrogen and oxygen atoms in total. The topological polar surface area (TPSA) is 85.5 Å². The van der Waals surface area contributed by atoms with Crippen molar-refractivity contribution in [2.24, 2.45) is 0 Å². The Hall–Kier alpha value is -2.37. The third kappa shape index (κ3) is 2.60. The van der Waals surface area contributed by atoms with Crippen molar-refractivity contribution >= 4 is 5.97 Å². The standard InChI is InChI=1S/C11H10N2O4/c1-7-9(5-13-17-7)6-16-10-3-2-8(4-12-10)11(14)15/h2-5H,6H2,1H3,(H,14,15). The van der Waals surface area contributed by atoms with E-state index in [9.17, 15) is 4.79 Å². The number of carboxylic acids is 1. The van der Waals surface area contributed by atoms with E-state index >= 15 is 0 Å². The van der Waals surface area contributed by atoms with Gasteiger partial charge < -0.3 is 14.4 Å². The molecule has 0 atom stereocenters. The van der Waals surface area contributed by atoms with E-state index in [0.29, 0.717) is 11.6 Å². The molecule has 88 valence electrons. The van der Waals surface area contributed by atoms with Gasteiger partial charge in [-0.3, -0.25) is 0 Å². The summed E-state index contributed by atoms with van der Waals surface area (Å²) in [5.74, 6) is 0.0293. The molecule has 0 spiro atoms. The van der Waals surface area contributed by atoms with E-state index in [-0.39, 0.29) is 12.2 Å². The first-order valence-corrected chi connectivity index (χ1v) is 4.89. The second-order valence-corrected chi connectivity index (χ2v) is 3.39. The Kier molecular flexibility index (Phi) is 3.04. The maximum Gasteiger partial charge on any atom is 0.337 e. The number of aromatic nitrogens is 2. The minimum absolute atomic E-state index is 0.124. The van der Waals surface area contributed by atoms with E-state index in [4.69, 9.17) is 14.4 Å². The van der Waals surface area contributed by atoms with Crippen molar-refractivity contribution in [2.45, 2.75) is 13.5 Å². The number of ether oxygens (including phenoxy) is 1. The Balaban J connectivity index is 2.00. The first kappa shape index (κ1) is 11.1. The van der Waals surface area contributed by atoms with E-state index in [0.717, 1.165) is 5.56 Å². The summed E-state index contributed by atoms with van der Waals surface area (Å²) in [4.78, 5) is 14.5. The van der Waals surface area contributed by atoms with E-state index in [1.807, 2.05) is 0 Å². The zero-order chi connectivity index (χ0) is 12.3. The molecule has 0 fully saturated rings. The molecule has 0 unspecified atom stereocenters. The Bertz CT molecular complexity index is 519. The monoisotopic (exact) mass is 234 g/mol. The predicted molar refractivity (Wildman–Crippen MR) is 56.8 cm³/mol. The highest BCUT2D eigenvalue weighted by Gasteiger charge is 2.06. The van der Waals surface area contributed by atoms with E-state index < -0.39 is 5.97 Å². The maximum atomic E-state index is 10.6. The average molecular weight is 234 g/mol. The summed E-state index contributed by atoms with van der Waals surface area (Å²) >= 11 is 0. The fourth-order valence-corrected chi connectivity index (χ4v) is 1.20. The lowest BCUT2D eigenvalue weighted by Crippen LogP contribution is -2.00. The zero-order valence-electron chi connectivity index (χ0n) is 9.08. The summed E-state index contributed by atoms with van der Waals surface area (Å²) in [6, 6.07) is 2.94. The highest BCUT2D eigenvalue weighted by molar-refractivity contribution is 5.87. The van der Waals surface area contributed by atoms with Gasteiger partial charge in [0.1, 0.15) is 12.4 Å². The summed E-state index contributed by atoms with van der Waals surface area (Å²) in [5.41, 5.74) is 0.951. The molecule has 0 saturated heterocycles. The highest BCUT2D eigenvalue weighted by Crippen LogP contribution is 2.12. The number of pyridine rings is 1. The fraction of sp³-hybridized carbons (Fsp3) is 0.182. The molecule has 0 saturated carbocycles. The van der Waals surface area contributed by atoms with Crippen LogP contribution < -0.4 is 4.74 Å². The summed E-state index contributed by atoms with van der Waals surface area (Å²) in [6.45, 7) is 2.07. The Morgan fingerprint density at radius 3 is 2.82 bits per heavy atom. The Morgan fingerprint density at radius 1 is 1.47 bits per heavy atom. The van der Waals surface area contributed by atoms with Crippen LogP contribution in [0.2, 0.25) is 0 Å². The molecule has 0 amide bonds. The van der Waals surface area contributed by atoms with Gasteiger partial charge >= 0.3 is 5.97 Å². The van der Waals surface area contributed by atoms with Crippen molar-refractivity contribution in [2.75, 3.05) is 0 Å². The van der Waals surface area contributed by atoms with Crippen LogP contribution in [0, 0.1) is 6.92 Å². The zero-order valence-corrected chi connectivity index (χ0v) is 9.08. The van der Waals surface area contributed by atoms with E-state index in [2.05, 4.69) is 10.1 Å². The number of rotatable bonds is 4. The predicted octanol–water partition coefficient (Wildman–Crippen LogP) is 1.66. The summed E-state index contributed by atoms with van der Waals surface area (Å²) in [7, 11) is 0. The minimum Gasteiger partial charge on any atom is -0.478 e. The molecule has 1 N–H and O–H groups in total. The quantitative estimate of drug-likeness (QED) is 0.865. The van der Waals surface area contributed by atoms with Crippen molar-refractivity contribution in [3.05, 3.63) is 41.4 Å². The molecule has 0 aromatic carbocycles. The molecular formula is C11H10N2O4. The molecule has 2 aromatic heterocycles. The molecule has 0 aliphatic rings. The Morgan fingerprint density at radius 2 is 2.29 bits per heavy atom. The summed E-state index contributed by atoms with van der Waals surface area (Å²) < 4.78 is 10.2. The van der Waals surface area contributed by atoms with Crippen molar-refractivity contribution in [1.29, 1.82) is 0 Å². The van der Waals surface area contributed by atoms with Crippen LogP contribution in [-0.4, -0.2) is 21.2 Å². The summed E-state index contributed by atoms with van der Waals surface area (Å²) in [6.07, 6.45) is 2.82. The first-order chi connectivity index (χ1) is 8.16. The normalized spacial score (nSPS) is 10.2. The van der Waals surface area contributed by atoms with Crippen molar-refractivity contribution < 1.29 is 19.2 Å². The smallest absolute Gasteiger partial charge is 0.337 e. The number of nitrogens with zero attached hydrogens (tertiary/aromatic N) is 2. The highest BCUT2D eigenvalue weighted by atomic mass is 16.5. The van der Waals surface area contributed by atoms with Crippen molar-refractivity contribution in [3.8, 4) is 5.88 Å². The van der Waals surface area contributed by atoms with E-state index in [1.165, 1.54) is 18.3 Å². The van der Waals surface area contributed by atoms with Crippen molar-refractivity contribution in [1.82, 2.24) is 10.1 Å². The second-order valence-electron chi connectivity index (χ2n) is 3.39. The van der Waals surface area contributed by atoms with Crippen molar-refractivity contribution in [3.63, 3.8) is 0 Å². The van der Waals surface area contributed by atoms with Crippen LogP contribution >= 0.6 is 0 Å². The van der Waals surface area contributed by atoms with Crippen LogP contribution in [0.5, 0.6) is 5.88 Å². The molecule has 2 aromatic rings. The van der Waals surface area contributed by atoms with Gasteiger partial charge in [0.2, 0.25) is 5.88 Å². The number of hydrogen-bond acceptors (Lipinski definition) is 5. The summed E-state index contributed by atoms with van der Waals surface area (Å²) in [5, 5.41) is 12.3. The van der Waals surface area contributed by atoms with Crippen LogP contribution in [0.1, 0.15) is 21.7 Å². The number of carbonyl (C=O) groups is 1. The lowest BCUT2D eigenvalue weighted by Gasteiger charge is -2.03. The van der Waals surface area contributed by atoms with Crippen LogP contribution in [0.4, 0.5) is 0 Å². The van der Waals surface area contributed by atoms with E-state index in [1.54, 1.807) is 13.1 Å². The lowest BCUT2D eigenvalue weighted by molar-refractivity contribution is 0.0696. The third-order valence-electron chi connectivity index (χ3n) is 2.21. The van der Waals surface area contributed by atoms with Gasteiger partial charge in [-0.2, -0.15) is 0 Å². The molecule has 2 heterocycles. The van der Waals surface area contributed by atoms with Crippen LogP contribution in [0.15, 0.2) is 29.0 Å². The van der Waals surface area contributed by atoms with Gasteiger partial charge in [-0.1, -0.05) is 5.16 Å². The number of aryl methyl sites for hydroxylation is 1. The number of hydrogen-bond donors (Lipinski definition) is 1. The molecular weight excluding hydrogens is 224 g/mol. The Labute approximate surface area is 96.8 Å². The fourth-order valence-electron chi connectivity index (χ4n) is 1.20. The molecule has 17 heavy (non-hydrogen) atoms. The van der Waals surface area contributed by atoms with Gasteiger partial charge in [-0.05, 0) is 13.0 Å². The van der Waals surface area contributed by atoms with Crippen LogP contribution in [0.25, 0.3) is 0 Å². The average Bonchev–Trinajstić information content (AvgIpc) is 2.73. The van der Waals surface area contributed by atoms with Gasteiger partial charge in [-0.15, -0.1) is 0 Å². The molecule has 0 radical (unpaired) electrons. The van der Waals surface area contributed by atoms with Gasteiger partial charge in [0.25, 0.3) is 0 Å². The molecule has 2 rings (SSSR count). The van der Waals surface area contributed by atoms with Gasteiger partial charge in [-0.25, -0.2) is 9.78 Å². The molecule has 0 bridgehead atoms.